The van der Waals surface area contributed by atoms with Crippen molar-refractivity contribution in [3.8, 4) is 0 Å². The predicted octanol–water partition coefficient (Wildman–Crippen LogP) is 2.65. The van der Waals surface area contributed by atoms with Crippen LogP contribution < -0.4 is 10.9 Å². The van der Waals surface area contributed by atoms with E-state index in [0.717, 1.165) is 15.4 Å². The summed E-state index contributed by atoms with van der Waals surface area (Å²) >= 11 is 1.33. The summed E-state index contributed by atoms with van der Waals surface area (Å²) < 4.78 is 40.4. The summed E-state index contributed by atoms with van der Waals surface area (Å²) in [6.07, 6.45) is -5.10. The maximum atomic E-state index is 12.1. The zero-order valence-corrected chi connectivity index (χ0v) is 16.6. The molecule has 0 aromatic heterocycles. The van der Waals surface area contributed by atoms with Crippen LogP contribution in [0.4, 0.5) is 18.0 Å². The number of aryl methyl sites for hydroxylation is 1. The van der Waals surface area contributed by atoms with Crippen molar-refractivity contribution in [2.75, 3.05) is 25.4 Å². The van der Waals surface area contributed by atoms with Crippen molar-refractivity contribution < 1.29 is 32.3 Å². The number of ether oxygens (including phenoxy) is 1. The van der Waals surface area contributed by atoms with Gasteiger partial charge in [-0.1, -0.05) is 17.7 Å². The van der Waals surface area contributed by atoms with Crippen LogP contribution in [0, 0.1) is 12.8 Å². The number of halogens is 3. The molecule has 11 heteroatoms. The van der Waals surface area contributed by atoms with E-state index in [1.54, 1.807) is 0 Å². The number of piperidine rings is 1. The van der Waals surface area contributed by atoms with Gasteiger partial charge in [-0.15, -0.1) is 11.8 Å². The predicted molar refractivity (Wildman–Crippen MR) is 99.9 cm³/mol. The third kappa shape index (κ3) is 8.22. The average Bonchev–Trinajstić information content (AvgIpc) is 2.69. The highest BCUT2D eigenvalue weighted by Gasteiger charge is 2.33. The summed E-state index contributed by atoms with van der Waals surface area (Å²) in [5.74, 6) is -1.09. The fourth-order valence-corrected chi connectivity index (χ4v) is 3.31. The van der Waals surface area contributed by atoms with Crippen molar-refractivity contribution in [1.82, 2.24) is 15.8 Å². The SMILES string of the molecule is Cc1ccc(SCC(=O)NNC(=O)C2CCN(C(=O)OCC(F)(F)F)CC2)cc1. The van der Waals surface area contributed by atoms with Gasteiger partial charge in [0.2, 0.25) is 11.8 Å². The number of likely N-dealkylation sites (tertiary alicyclic amines) is 1. The van der Waals surface area contributed by atoms with E-state index in [-0.39, 0.29) is 37.6 Å². The Morgan fingerprint density at radius 2 is 1.76 bits per heavy atom. The Kier molecular flexibility index (Phi) is 8.18. The molecular weight excluding hydrogens is 411 g/mol. The summed E-state index contributed by atoms with van der Waals surface area (Å²) in [7, 11) is 0. The van der Waals surface area contributed by atoms with Gasteiger partial charge in [-0.05, 0) is 31.9 Å². The number of nitrogens with one attached hydrogen (secondary N) is 2. The summed E-state index contributed by atoms with van der Waals surface area (Å²) in [5, 5.41) is 0. The van der Waals surface area contributed by atoms with Gasteiger partial charge >= 0.3 is 12.3 Å². The minimum Gasteiger partial charge on any atom is -0.440 e. The molecule has 0 bridgehead atoms. The van der Waals surface area contributed by atoms with Gasteiger partial charge in [0, 0.05) is 23.9 Å². The van der Waals surface area contributed by atoms with Crippen molar-refractivity contribution in [2.45, 2.75) is 30.8 Å². The molecule has 0 spiro atoms. The Morgan fingerprint density at radius 1 is 1.14 bits per heavy atom. The standard InChI is InChI=1S/C18H22F3N3O4S/c1-12-2-4-14(5-3-12)29-10-15(25)22-23-16(26)13-6-8-24(9-7-13)17(27)28-11-18(19,20)21/h2-5,13H,6-11H2,1H3,(H,22,25)(H,23,26). The van der Waals surface area contributed by atoms with Gasteiger partial charge in [0.15, 0.2) is 6.61 Å². The molecule has 7 nitrogen and oxygen atoms in total. The third-order valence-electron chi connectivity index (χ3n) is 4.20. The molecule has 0 saturated carbocycles. The zero-order valence-electron chi connectivity index (χ0n) is 15.8. The Balaban J connectivity index is 1.65. The first kappa shape index (κ1) is 22.9. The van der Waals surface area contributed by atoms with Gasteiger partial charge in [-0.3, -0.25) is 20.4 Å². The van der Waals surface area contributed by atoms with Crippen molar-refractivity contribution in [3.63, 3.8) is 0 Å². The van der Waals surface area contributed by atoms with Crippen LogP contribution in [0.1, 0.15) is 18.4 Å². The molecule has 3 amide bonds. The fourth-order valence-electron chi connectivity index (χ4n) is 2.61. The molecule has 29 heavy (non-hydrogen) atoms. The number of hydrogen-bond acceptors (Lipinski definition) is 5. The van der Waals surface area contributed by atoms with Crippen molar-refractivity contribution in [2.24, 2.45) is 5.92 Å². The molecule has 0 radical (unpaired) electrons. The molecule has 1 aromatic carbocycles. The first-order valence-electron chi connectivity index (χ1n) is 8.90. The summed E-state index contributed by atoms with van der Waals surface area (Å²) in [5.41, 5.74) is 5.81. The number of hydrogen-bond donors (Lipinski definition) is 2. The van der Waals surface area contributed by atoms with Crippen LogP contribution in [0.25, 0.3) is 0 Å². The topological polar surface area (TPSA) is 87.7 Å². The molecule has 2 N–H and O–H groups in total. The summed E-state index contributed by atoms with van der Waals surface area (Å²) in [6.45, 7) is 0.531. The lowest BCUT2D eigenvalue weighted by atomic mass is 9.96. The Labute approximate surface area is 170 Å². The van der Waals surface area contributed by atoms with Crippen LogP contribution in [-0.4, -0.2) is 54.4 Å². The number of alkyl halides is 3. The molecule has 1 aromatic rings. The number of carbonyl (C=O) groups is 3. The molecule has 0 aliphatic carbocycles. The van der Waals surface area contributed by atoms with Crippen LogP contribution >= 0.6 is 11.8 Å². The van der Waals surface area contributed by atoms with Crippen molar-refractivity contribution in [1.29, 1.82) is 0 Å². The molecule has 1 saturated heterocycles. The van der Waals surface area contributed by atoms with E-state index < -0.39 is 30.7 Å². The number of thioether (sulfide) groups is 1. The van der Waals surface area contributed by atoms with Crippen LogP contribution in [0.15, 0.2) is 29.2 Å². The molecule has 2 rings (SSSR count). The quantitative estimate of drug-likeness (QED) is 0.551. The normalized spacial score (nSPS) is 15.0. The van der Waals surface area contributed by atoms with Crippen molar-refractivity contribution in [3.05, 3.63) is 29.8 Å². The first-order valence-corrected chi connectivity index (χ1v) is 9.89. The van der Waals surface area contributed by atoms with Gasteiger partial charge in [0.05, 0.1) is 5.75 Å². The summed E-state index contributed by atoms with van der Waals surface area (Å²) in [6, 6.07) is 7.68. The maximum Gasteiger partial charge on any atom is 0.422 e. The van der Waals surface area contributed by atoms with E-state index in [0.29, 0.717) is 0 Å². The van der Waals surface area contributed by atoms with Crippen LogP contribution in [0.2, 0.25) is 0 Å². The maximum absolute atomic E-state index is 12.1. The van der Waals surface area contributed by atoms with E-state index in [9.17, 15) is 27.6 Å². The van der Waals surface area contributed by atoms with Gasteiger partial charge in [-0.2, -0.15) is 13.2 Å². The van der Waals surface area contributed by atoms with E-state index in [1.165, 1.54) is 11.8 Å². The van der Waals surface area contributed by atoms with Gasteiger partial charge in [0.25, 0.3) is 0 Å². The van der Waals surface area contributed by atoms with E-state index in [4.69, 9.17) is 0 Å². The first-order chi connectivity index (χ1) is 13.6. The highest BCUT2D eigenvalue weighted by atomic mass is 32.2. The van der Waals surface area contributed by atoms with Crippen LogP contribution in [-0.2, 0) is 14.3 Å². The number of amides is 3. The number of benzene rings is 1. The van der Waals surface area contributed by atoms with E-state index in [2.05, 4.69) is 15.6 Å². The molecular formula is C18H22F3N3O4S. The molecule has 0 atom stereocenters. The monoisotopic (exact) mass is 433 g/mol. The fraction of sp³-hybridized carbons (Fsp3) is 0.500. The highest BCUT2D eigenvalue weighted by Crippen LogP contribution is 2.20. The number of nitrogens with zero attached hydrogens (tertiary/aromatic N) is 1. The lowest BCUT2D eigenvalue weighted by Gasteiger charge is -2.30. The lowest BCUT2D eigenvalue weighted by Crippen LogP contribution is -2.48. The number of carbonyl (C=O) groups excluding carboxylic acids is 3. The van der Waals surface area contributed by atoms with Gasteiger partial charge < -0.3 is 9.64 Å². The van der Waals surface area contributed by atoms with E-state index >= 15 is 0 Å². The largest absolute Gasteiger partial charge is 0.440 e. The van der Waals surface area contributed by atoms with Gasteiger partial charge in [0.1, 0.15) is 0 Å². The minimum atomic E-state index is -4.58. The van der Waals surface area contributed by atoms with E-state index in [1.807, 2.05) is 31.2 Å². The molecule has 1 fully saturated rings. The second-order valence-corrected chi connectivity index (χ2v) is 7.62. The highest BCUT2D eigenvalue weighted by molar-refractivity contribution is 8.00. The summed E-state index contributed by atoms with van der Waals surface area (Å²) in [4.78, 5) is 37.6. The molecule has 1 aliphatic rings. The second kappa shape index (κ2) is 10.4. The molecule has 1 aliphatic heterocycles. The molecule has 1 heterocycles. The number of rotatable bonds is 5. The third-order valence-corrected chi connectivity index (χ3v) is 5.21. The lowest BCUT2D eigenvalue weighted by molar-refractivity contribution is -0.162. The van der Waals surface area contributed by atoms with Gasteiger partial charge in [-0.25, -0.2) is 4.79 Å². The Hall–Kier alpha value is -2.43. The van der Waals surface area contributed by atoms with Crippen LogP contribution in [0.3, 0.4) is 0 Å². The van der Waals surface area contributed by atoms with Crippen molar-refractivity contribution >= 4 is 29.7 Å². The number of hydrazine groups is 1. The minimum absolute atomic E-state index is 0.103. The Bertz CT molecular complexity index is 720. The molecule has 160 valence electrons. The Morgan fingerprint density at radius 3 is 2.34 bits per heavy atom. The second-order valence-electron chi connectivity index (χ2n) is 6.57. The average molecular weight is 433 g/mol. The smallest absolute Gasteiger partial charge is 0.422 e. The zero-order chi connectivity index (χ0) is 21.4. The van der Waals surface area contributed by atoms with Crippen LogP contribution in [0.5, 0.6) is 0 Å². The molecule has 0 unspecified atom stereocenters.